The molecule has 8 nitrogen and oxygen atoms in total. The van der Waals surface area contributed by atoms with Crippen molar-refractivity contribution in [3.63, 3.8) is 0 Å². The highest BCUT2D eigenvalue weighted by atomic mass is 32.2. The van der Waals surface area contributed by atoms with Crippen molar-refractivity contribution in [2.75, 3.05) is 26.4 Å². The molecular formula is C19H29N3O5S. The van der Waals surface area contributed by atoms with E-state index in [0.29, 0.717) is 18.5 Å². The summed E-state index contributed by atoms with van der Waals surface area (Å²) in [6, 6.07) is 0.0261. The summed E-state index contributed by atoms with van der Waals surface area (Å²) in [5.74, 6) is -1.51. The van der Waals surface area contributed by atoms with Gasteiger partial charge in [0, 0.05) is 28.7 Å². The number of amides is 1. The van der Waals surface area contributed by atoms with E-state index in [1.54, 1.807) is 18.7 Å². The minimum atomic E-state index is -1.08. The first kappa shape index (κ1) is 20.2. The van der Waals surface area contributed by atoms with Gasteiger partial charge in [0.2, 0.25) is 5.91 Å². The summed E-state index contributed by atoms with van der Waals surface area (Å²) < 4.78 is 0. The Hall–Kier alpha value is -1.13. The van der Waals surface area contributed by atoms with E-state index in [1.807, 2.05) is 6.92 Å². The van der Waals surface area contributed by atoms with E-state index in [-0.39, 0.29) is 35.5 Å². The average molecular weight is 412 g/mol. The third-order valence-corrected chi connectivity index (χ3v) is 8.33. The molecule has 0 spiro atoms. The van der Waals surface area contributed by atoms with E-state index in [0.717, 1.165) is 30.8 Å². The van der Waals surface area contributed by atoms with Gasteiger partial charge in [-0.25, -0.2) is 4.79 Å². The number of rotatable bonds is 6. The van der Waals surface area contributed by atoms with Gasteiger partial charge in [0.1, 0.15) is 5.70 Å². The van der Waals surface area contributed by atoms with Crippen molar-refractivity contribution in [2.24, 2.45) is 17.8 Å². The van der Waals surface area contributed by atoms with Crippen LogP contribution in [0, 0.1) is 17.8 Å². The van der Waals surface area contributed by atoms with E-state index in [4.69, 9.17) is 0 Å². The van der Waals surface area contributed by atoms with Gasteiger partial charge in [-0.05, 0) is 38.8 Å². The van der Waals surface area contributed by atoms with Gasteiger partial charge in [-0.15, -0.1) is 11.8 Å². The molecule has 4 aliphatic heterocycles. The van der Waals surface area contributed by atoms with Crippen LogP contribution in [0.5, 0.6) is 0 Å². The zero-order chi connectivity index (χ0) is 20.2. The molecule has 4 aliphatic rings. The van der Waals surface area contributed by atoms with E-state index in [1.165, 1.54) is 4.90 Å². The number of hydrogen-bond acceptors (Lipinski definition) is 7. The molecule has 3 fully saturated rings. The summed E-state index contributed by atoms with van der Waals surface area (Å²) in [5.41, 5.74) is 0.0888. The predicted octanol–water partition coefficient (Wildman–Crippen LogP) is -0.124. The number of aliphatic hydroxyl groups is 2. The van der Waals surface area contributed by atoms with E-state index in [9.17, 15) is 24.9 Å². The van der Waals surface area contributed by atoms with Crippen molar-refractivity contribution in [2.45, 2.75) is 50.1 Å². The fraction of sp³-hybridized carbons (Fsp3) is 0.789. The van der Waals surface area contributed by atoms with Crippen LogP contribution in [0.2, 0.25) is 0 Å². The van der Waals surface area contributed by atoms with Crippen LogP contribution in [0.1, 0.15) is 26.7 Å². The molecule has 7 atom stereocenters. The number of aliphatic hydroxyl groups excluding tert-OH is 2. The van der Waals surface area contributed by atoms with Crippen molar-refractivity contribution in [1.82, 2.24) is 15.1 Å². The molecule has 3 saturated heterocycles. The summed E-state index contributed by atoms with van der Waals surface area (Å²) in [6.07, 6.45) is 1.21. The topological polar surface area (TPSA) is 113 Å². The van der Waals surface area contributed by atoms with Crippen molar-refractivity contribution in [3.05, 3.63) is 10.6 Å². The Balaban J connectivity index is 1.54. The lowest BCUT2D eigenvalue weighted by Crippen LogP contribution is -2.63. The Labute approximate surface area is 168 Å². The molecule has 0 aromatic carbocycles. The third kappa shape index (κ3) is 3.08. The Morgan fingerprint density at radius 2 is 2.18 bits per heavy atom. The highest BCUT2D eigenvalue weighted by Crippen LogP contribution is 2.52. The van der Waals surface area contributed by atoms with Crippen molar-refractivity contribution < 1.29 is 24.9 Å². The van der Waals surface area contributed by atoms with Crippen LogP contribution < -0.4 is 5.32 Å². The molecule has 1 amide bonds. The van der Waals surface area contributed by atoms with Crippen LogP contribution in [0.25, 0.3) is 0 Å². The maximum atomic E-state index is 12.5. The molecule has 4 N–H and O–H groups in total. The second-order valence-corrected chi connectivity index (χ2v) is 9.82. The minimum absolute atomic E-state index is 0.00987. The lowest BCUT2D eigenvalue weighted by Gasteiger charge is -2.46. The number of carbonyl (C=O) groups excluding carboxylic acids is 1. The number of fused-ring (bicyclic) bond motifs is 1. The van der Waals surface area contributed by atoms with Crippen LogP contribution in [0.15, 0.2) is 10.6 Å². The summed E-state index contributed by atoms with van der Waals surface area (Å²) in [7, 11) is 0. The second-order valence-electron chi connectivity index (χ2n) is 8.48. The number of aliphatic carboxylic acids is 1. The number of carboxylic acid groups (broad SMARTS) is 1. The van der Waals surface area contributed by atoms with Gasteiger partial charge in [-0.3, -0.25) is 9.69 Å². The number of nitrogens with one attached hydrogen (secondary N) is 1. The first-order valence-corrected chi connectivity index (χ1v) is 10.9. The maximum Gasteiger partial charge on any atom is 0.353 e. The SMILES string of the molecule is CC(O)C1C(=O)N2C(C(=O)O)=C(SC3CC(C4CCNC4)N(CO)C3)C(C)[C@H]12. The molecule has 0 radical (unpaired) electrons. The van der Waals surface area contributed by atoms with Crippen LogP contribution in [-0.4, -0.2) is 86.8 Å². The summed E-state index contributed by atoms with van der Waals surface area (Å²) >= 11 is 1.55. The number of thioether (sulfide) groups is 1. The van der Waals surface area contributed by atoms with Gasteiger partial charge >= 0.3 is 5.97 Å². The molecule has 4 rings (SSSR count). The van der Waals surface area contributed by atoms with Gasteiger partial charge in [0.15, 0.2) is 0 Å². The maximum absolute atomic E-state index is 12.5. The van der Waals surface area contributed by atoms with Crippen LogP contribution in [0.4, 0.5) is 0 Å². The van der Waals surface area contributed by atoms with Crippen molar-refractivity contribution in [1.29, 1.82) is 0 Å². The molecule has 0 aliphatic carbocycles. The predicted molar refractivity (Wildman–Crippen MR) is 104 cm³/mol. The Morgan fingerprint density at radius 3 is 2.75 bits per heavy atom. The van der Waals surface area contributed by atoms with Gasteiger partial charge in [-0.2, -0.15) is 0 Å². The first-order valence-electron chi connectivity index (χ1n) is 10.1. The van der Waals surface area contributed by atoms with Gasteiger partial charge in [0.25, 0.3) is 0 Å². The fourth-order valence-electron chi connectivity index (χ4n) is 5.49. The first-order chi connectivity index (χ1) is 13.3. The largest absolute Gasteiger partial charge is 0.477 e. The quantitative estimate of drug-likeness (QED) is 0.447. The highest BCUT2D eigenvalue weighted by Gasteiger charge is 2.60. The monoisotopic (exact) mass is 411 g/mol. The second kappa shape index (κ2) is 7.60. The number of likely N-dealkylation sites (tertiary alicyclic amines) is 1. The Kier molecular flexibility index (Phi) is 5.47. The van der Waals surface area contributed by atoms with Gasteiger partial charge in [-0.1, -0.05) is 6.92 Å². The van der Waals surface area contributed by atoms with Crippen LogP contribution in [0.3, 0.4) is 0 Å². The number of nitrogens with zero attached hydrogens (tertiary/aromatic N) is 2. The fourth-order valence-corrected chi connectivity index (χ4v) is 7.06. The minimum Gasteiger partial charge on any atom is -0.477 e. The molecule has 156 valence electrons. The van der Waals surface area contributed by atoms with E-state index >= 15 is 0 Å². The molecule has 0 aromatic heterocycles. The highest BCUT2D eigenvalue weighted by molar-refractivity contribution is 8.03. The Morgan fingerprint density at radius 1 is 1.43 bits per heavy atom. The molecule has 9 heteroatoms. The zero-order valence-electron chi connectivity index (χ0n) is 16.2. The lowest BCUT2D eigenvalue weighted by molar-refractivity contribution is -0.163. The Bertz CT molecular complexity index is 693. The third-order valence-electron chi connectivity index (χ3n) is 6.84. The van der Waals surface area contributed by atoms with Gasteiger partial charge in [0.05, 0.1) is 24.8 Å². The summed E-state index contributed by atoms with van der Waals surface area (Å²) in [4.78, 5) is 28.6. The summed E-state index contributed by atoms with van der Waals surface area (Å²) in [5, 5.41) is 33.1. The number of carboxylic acids is 1. The van der Waals surface area contributed by atoms with E-state index < -0.39 is 18.0 Å². The lowest BCUT2D eigenvalue weighted by atomic mass is 9.79. The normalized spacial score (nSPS) is 39.4. The van der Waals surface area contributed by atoms with E-state index in [2.05, 4.69) is 10.2 Å². The van der Waals surface area contributed by atoms with Crippen LogP contribution >= 0.6 is 11.8 Å². The average Bonchev–Trinajstić information content (AvgIpc) is 3.33. The number of carbonyl (C=O) groups is 2. The van der Waals surface area contributed by atoms with Crippen molar-refractivity contribution >= 4 is 23.6 Å². The van der Waals surface area contributed by atoms with Crippen LogP contribution in [-0.2, 0) is 9.59 Å². The number of hydrogen-bond donors (Lipinski definition) is 4. The molecule has 6 unspecified atom stereocenters. The molecule has 28 heavy (non-hydrogen) atoms. The molecular weight excluding hydrogens is 382 g/mol. The summed E-state index contributed by atoms with van der Waals surface area (Å²) in [6.45, 7) is 6.23. The smallest absolute Gasteiger partial charge is 0.353 e. The molecule has 4 heterocycles. The van der Waals surface area contributed by atoms with Crippen molar-refractivity contribution in [3.8, 4) is 0 Å². The number of β-lactam (4-membered cyclic amide) rings is 1. The molecule has 0 aromatic rings. The zero-order valence-corrected chi connectivity index (χ0v) is 17.1. The molecule has 0 saturated carbocycles. The molecule has 0 bridgehead atoms. The van der Waals surface area contributed by atoms with Gasteiger partial charge < -0.3 is 25.5 Å². The standard InChI is InChI=1S/C19H29N3O5S/c1-9-15-14(10(2)24)18(25)22(15)16(19(26)27)17(9)28-12-5-13(21(7-12)8-23)11-3-4-20-6-11/h9-15,20,23-24H,3-8H2,1-2H3,(H,26,27)/t9?,10?,11?,12?,13?,14?,15-/m1/s1.